The smallest absolute Gasteiger partial charge is 0.360 e. The van der Waals surface area contributed by atoms with E-state index in [0.717, 1.165) is 23.4 Å². The number of hydrogen-bond donors (Lipinski definition) is 1. The molecule has 24 heavy (non-hydrogen) atoms. The average molecular weight is 323 g/mol. The molecule has 1 aliphatic heterocycles. The van der Waals surface area contributed by atoms with Gasteiger partial charge in [0.1, 0.15) is 17.4 Å². The number of nitrogens with zero attached hydrogens (tertiary/aromatic N) is 2. The molecule has 1 N–H and O–H groups in total. The maximum atomic E-state index is 11.6. The molecule has 1 aromatic carbocycles. The third kappa shape index (κ3) is 1.83. The molecule has 124 valence electrons. The van der Waals surface area contributed by atoms with Crippen LogP contribution in [0.5, 0.6) is 0 Å². The molecule has 0 aromatic heterocycles. The number of carbonyl (C=O) groups is 1. The first-order chi connectivity index (χ1) is 11.6. The van der Waals surface area contributed by atoms with Crippen molar-refractivity contribution in [1.82, 2.24) is 4.48 Å². The van der Waals surface area contributed by atoms with Gasteiger partial charge in [-0.25, -0.2) is 9.28 Å². The maximum absolute atomic E-state index is 11.6. The normalized spacial score (nSPS) is 42.3. The number of para-hydroxylation sites is 1. The summed E-state index contributed by atoms with van der Waals surface area (Å²) in [6.07, 6.45) is 11.5. The van der Waals surface area contributed by atoms with Gasteiger partial charge in [0.25, 0.3) is 0 Å². The molecule has 4 aliphatic carbocycles. The molecule has 1 aromatic rings. The quantitative estimate of drug-likeness (QED) is 0.857. The van der Waals surface area contributed by atoms with Crippen LogP contribution in [0.4, 0.5) is 5.69 Å². The van der Waals surface area contributed by atoms with Gasteiger partial charge in [-0.2, -0.15) is 4.99 Å². The lowest BCUT2D eigenvalue weighted by molar-refractivity contribution is -0.132. The Kier molecular flexibility index (Phi) is 2.88. The predicted octanol–water partition coefficient (Wildman–Crippen LogP) is 3.93. The SMILES string of the molecule is O=C(O)C1=C[N+](c2ccccc2)(C23CC4CC(CC(C4)C2)C3)C=N1. The highest BCUT2D eigenvalue weighted by molar-refractivity contribution is 5.94. The van der Waals surface area contributed by atoms with Crippen molar-refractivity contribution in [2.24, 2.45) is 22.7 Å². The lowest BCUT2D eigenvalue weighted by atomic mass is 9.52. The Hall–Kier alpha value is -1.94. The van der Waals surface area contributed by atoms with Crippen LogP contribution < -0.4 is 4.48 Å². The molecule has 4 nitrogen and oxygen atoms in total. The monoisotopic (exact) mass is 323 g/mol. The van der Waals surface area contributed by atoms with E-state index in [1.165, 1.54) is 38.5 Å². The van der Waals surface area contributed by atoms with E-state index < -0.39 is 5.97 Å². The molecule has 0 radical (unpaired) electrons. The van der Waals surface area contributed by atoms with Crippen molar-refractivity contribution in [2.45, 2.75) is 44.1 Å². The van der Waals surface area contributed by atoms with Crippen LogP contribution in [0.1, 0.15) is 38.5 Å². The predicted molar refractivity (Wildman–Crippen MR) is 93.3 cm³/mol. The highest BCUT2D eigenvalue weighted by Gasteiger charge is 2.62. The molecule has 0 saturated heterocycles. The number of carboxylic acids is 1. The second-order valence-electron chi connectivity index (χ2n) is 8.32. The standard InChI is InChI=1S/C20H22N2O2/c23-19(24)18-12-22(13-21-18,17-4-2-1-3-5-17)20-9-14-6-15(10-20)8-16(7-14)11-20/h1-5,12-16H,6-11H2/p+1. The zero-order valence-corrected chi connectivity index (χ0v) is 13.8. The summed E-state index contributed by atoms with van der Waals surface area (Å²) in [4.78, 5) is 15.9. The first-order valence-corrected chi connectivity index (χ1v) is 9.06. The summed E-state index contributed by atoms with van der Waals surface area (Å²) in [7, 11) is 0. The van der Waals surface area contributed by atoms with E-state index in [2.05, 4.69) is 29.3 Å². The Morgan fingerprint density at radius 2 is 1.62 bits per heavy atom. The average Bonchev–Trinajstić information content (AvgIpc) is 3.02. The Labute approximate surface area is 142 Å². The first-order valence-electron chi connectivity index (χ1n) is 9.06. The summed E-state index contributed by atoms with van der Waals surface area (Å²) in [5.41, 5.74) is 1.44. The van der Waals surface area contributed by atoms with Gasteiger partial charge in [-0.3, -0.25) is 0 Å². The molecule has 4 heteroatoms. The van der Waals surface area contributed by atoms with Crippen molar-refractivity contribution < 1.29 is 9.90 Å². The second kappa shape index (κ2) is 4.79. The van der Waals surface area contributed by atoms with Crippen LogP contribution in [0.25, 0.3) is 0 Å². The second-order valence-corrected chi connectivity index (χ2v) is 8.32. The van der Waals surface area contributed by atoms with Crippen LogP contribution in [0.15, 0.2) is 47.2 Å². The van der Waals surface area contributed by atoms with Gasteiger partial charge in [-0.1, -0.05) is 18.2 Å². The molecule has 0 spiro atoms. The number of quaternary nitrogens is 1. The van der Waals surface area contributed by atoms with Crippen molar-refractivity contribution >= 4 is 18.0 Å². The highest BCUT2D eigenvalue weighted by atomic mass is 16.4. The van der Waals surface area contributed by atoms with Crippen molar-refractivity contribution in [1.29, 1.82) is 0 Å². The summed E-state index contributed by atoms with van der Waals surface area (Å²) < 4.78 is 0.513. The topological polar surface area (TPSA) is 49.7 Å². The largest absolute Gasteiger partial charge is 0.476 e. The first kappa shape index (κ1) is 14.4. The molecule has 1 heterocycles. The third-order valence-electron chi connectivity index (χ3n) is 6.90. The molecule has 6 rings (SSSR count). The molecule has 4 saturated carbocycles. The van der Waals surface area contributed by atoms with Gasteiger partial charge in [0.2, 0.25) is 12.0 Å². The van der Waals surface area contributed by atoms with Crippen LogP contribution in [0, 0.1) is 17.8 Å². The number of carboxylic acid groups (broad SMARTS) is 1. The van der Waals surface area contributed by atoms with Crippen molar-refractivity contribution in [3.05, 3.63) is 42.2 Å². The summed E-state index contributed by atoms with van der Waals surface area (Å²) in [5, 5.41) is 9.48. The molecule has 1 atom stereocenters. The van der Waals surface area contributed by atoms with Gasteiger partial charge in [0, 0.05) is 19.3 Å². The fourth-order valence-electron chi connectivity index (χ4n) is 6.39. The van der Waals surface area contributed by atoms with E-state index in [0.29, 0.717) is 4.48 Å². The van der Waals surface area contributed by atoms with E-state index in [9.17, 15) is 9.90 Å². The number of aliphatic carboxylic acids is 1. The Balaban J connectivity index is 1.69. The van der Waals surface area contributed by atoms with Crippen molar-refractivity contribution in [2.75, 3.05) is 0 Å². The number of rotatable bonds is 3. The van der Waals surface area contributed by atoms with Crippen LogP contribution >= 0.6 is 0 Å². The Morgan fingerprint density at radius 1 is 1.04 bits per heavy atom. The minimum atomic E-state index is -0.924. The van der Waals surface area contributed by atoms with E-state index in [1.807, 2.05) is 18.6 Å². The summed E-state index contributed by atoms with van der Waals surface area (Å²) >= 11 is 0. The number of aliphatic imine (C=N–C) groups is 1. The number of hydrogen-bond acceptors (Lipinski definition) is 2. The highest BCUT2D eigenvalue weighted by Crippen LogP contribution is 2.61. The maximum Gasteiger partial charge on any atom is 0.360 e. The molecular formula is C20H23N2O2+. The van der Waals surface area contributed by atoms with Crippen LogP contribution in [0.2, 0.25) is 0 Å². The Bertz CT molecular complexity index is 717. The molecule has 4 fully saturated rings. The minimum absolute atomic E-state index is 0.0941. The molecule has 1 unspecified atom stereocenters. The van der Waals surface area contributed by atoms with Gasteiger partial charge in [0.15, 0.2) is 0 Å². The van der Waals surface area contributed by atoms with Crippen molar-refractivity contribution in [3.63, 3.8) is 0 Å². The zero-order valence-electron chi connectivity index (χ0n) is 13.8. The molecule has 0 amide bonds. The van der Waals surface area contributed by atoms with E-state index in [-0.39, 0.29) is 11.2 Å². The third-order valence-corrected chi connectivity index (χ3v) is 6.90. The van der Waals surface area contributed by atoms with E-state index in [4.69, 9.17) is 0 Å². The summed E-state index contributed by atoms with van der Waals surface area (Å²) in [6, 6.07) is 10.4. The van der Waals surface area contributed by atoms with Gasteiger partial charge in [-0.15, -0.1) is 0 Å². The zero-order chi connectivity index (χ0) is 16.4. The van der Waals surface area contributed by atoms with Crippen LogP contribution in [-0.4, -0.2) is 23.0 Å². The van der Waals surface area contributed by atoms with Crippen LogP contribution in [0.3, 0.4) is 0 Å². The van der Waals surface area contributed by atoms with E-state index >= 15 is 0 Å². The van der Waals surface area contributed by atoms with Gasteiger partial charge >= 0.3 is 5.97 Å². The van der Waals surface area contributed by atoms with Gasteiger partial charge in [0.05, 0.1) is 0 Å². The van der Waals surface area contributed by atoms with Crippen LogP contribution in [-0.2, 0) is 4.79 Å². The van der Waals surface area contributed by atoms with Gasteiger partial charge in [-0.05, 0) is 49.1 Å². The molecular weight excluding hydrogens is 300 g/mol. The fraction of sp³-hybridized carbons (Fsp3) is 0.500. The summed E-state index contributed by atoms with van der Waals surface area (Å²) in [5.74, 6) is 1.51. The Morgan fingerprint density at radius 3 is 2.12 bits per heavy atom. The summed E-state index contributed by atoms with van der Waals surface area (Å²) in [6.45, 7) is 0. The lowest BCUT2D eigenvalue weighted by Gasteiger charge is -2.60. The van der Waals surface area contributed by atoms with E-state index in [1.54, 1.807) is 0 Å². The molecule has 4 bridgehead atoms. The van der Waals surface area contributed by atoms with Crippen molar-refractivity contribution in [3.8, 4) is 0 Å². The fourth-order valence-corrected chi connectivity index (χ4v) is 6.39. The van der Waals surface area contributed by atoms with Gasteiger partial charge < -0.3 is 5.11 Å². The molecule has 5 aliphatic rings. The number of benzene rings is 1. The lowest BCUT2D eigenvalue weighted by Crippen LogP contribution is -2.68. The minimum Gasteiger partial charge on any atom is -0.476 e.